The van der Waals surface area contributed by atoms with Crippen molar-refractivity contribution in [3.8, 4) is 11.5 Å². The van der Waals surface area contributed by atoms with E-state index in [1.807, 2.05) is 0 Å². The molecule has 1 aliphatic heterocycles. The van der Waals surface area contributed by atoms with Crippen molar-refractivity contribution in [1.29, 1.82) is 0 Å². The molecule has 1 amide bonds. The number of nitrogens with zero attached hydrogens (tertiary/aromatic N) is 1. The number of H-pyrrole nitrogens is 1. The van der Waals surface area contributed by atoms with Crippen LogP contribution < -0.4 is 14.8 Å². The van der Waals surface area contributed by atoms with E-state index >= 15 is 0 Å². The smallest absolute Gasteiger partial charge is 0.276 e. The van der Waals surface area contributed by atoms with Crippen molar-refractivity contribution in [3.63, 3.8) is 0 Å². The monoisotopic (exact) mass is 303 g/mol. The normalized spacial score (nSPS) is 13.4. The topological polar surface area (TPSA) is 85.5 Å². The van der Waals surface area contributed by atoms with Crippen LogP contribution in [0.2, 0.25) is 0 Å². The molecule has 0 atom stereocenters. The summed E-state index contributed by atoms with van der Waals surface area (Å²) in [5, 5.41) is 9.81. The Morgan fingerprint density at radius 1 is 1.36 bits per heavy atom. The molecule has 1 aliphatic rings. The summed E-state index contributed by atoms with van der Waals surface area (Å²) in [7, 11) is 3.11. The van der Waals surface area contributed by atoms with Crippen molar-refractivity contribution >= 4 is 11.6 Å². The van der Waals surface area contributed by atoms with Crippen LogP contribution in [0.5, 0.6) is 11.5 Å². The number of hydrogen-bond donors (Lipinski definition) is 2. The Balaban J connectivity index is 1.87. The predicted octanol–water partition coefficient (Wildman–Crippen LogP) is 1.75. The second-order valence-electron chi connectivity index (χ2n) is 4.85. The zero-order chi connectivity index (χ0) is 15.5. The zero-order valence-electron chi connectivity index (χ0n) is 12.4. The molecular weight excluding hydrogens is 286 g/mol. The molecule has 2 heterocycles. The van der Waals surface area contributed by atoms with Gasteiger partial charge < -0.3 is 19.5 Å². The molecule has 7 heteroatoms. The minimum Gasteiger partial charge on any atom is -0.497 e. The number of carbonyl (C=O) groups is 1. The molecule has 2 aromatic rings. The molecule has 116 valence electrons. The number of hydrogen-bond acceptors (Lipinski definition) is 5. The fourth-order valence-corrected chi connectivity index (χ4v) is 2.39. The van der Waals surface area contributed by atoms with Crippen LogP contribution in [-0.2, 0) is 17.8 Å². The summed E-state index contributed by atoms with van der Waals surface area (Å²) in [6, 6.07) is 5.20. The molecule has 1 aromatic heterocycles. The first-order chi connectivity index (χ1) is 10.7. The van der Waals surface area contributed by atoms with Crippen LogP contribution in [0.4, 0.5) is 5.69 Å². The summed E-state index contributed by atoms with van der Waals surface area (Å²) in [4.78, 5) is 12.5. The summed E-state index contributed by atoms with van der Waals surface area (Å²) in [6.45, 7) is 1.03. The number of benzene rings is 1. The molecule has 0 fully saturated rings. The molecule has 0 radical (unpaired) electrons. The third kappa shape index (κ3) is 2.62. The van der Waals surface area contributed by atoms with E-state index in [0.29, 0.717) is 36.1 Å². The van der Waals surface area contributed by atoms with E-state index in [1.165, 1.54) is 0 Å². The number of aromatic amines is 1. The van der Waals surface area contributed by atoms with E-state index in [-0.39, 0.29) is 5.91 Å². The summed E-state index contributed by atoms with van der Waals surface area (Å²) in [5.41, 5.74) is 2.64. The Labute approximate surface area is 127 Å². The van der Waals surface area contributed by atoms with Gasteiger partial charge in [-0.3, -0.25) is 9.89 Å². The van der Waals surface area contributed by atoms with Crippen LogP contribution in [0.1, 0.15) is 21.7 Å². The van der Waals surface area contributed by atoms with Gasteiger partial charge in [0, 0.05) is 23.7 Å². The van der Waals surface area contributed by atoms with Gasteiger partial charge in [-0.25, -0.2) is 0 Å². The number of carbonyl (C=O) groups excluding carboxylic acids is 1. The first kappa shape index (κ1) is 14.4. The second-order valence-corrected chi connectivity index (χ2v) is 4.85. The van der Waals surface area contributed by atoms with Crippen molar-refractivity contribution < 1.29 is 19.0 Å². The highest BCUT2D eigenvalue weighted by atomic mass is 16.5. The quantitative estimate of drug-likeness (QED) is 0.899. The number of nitrogens with one attached hydrogen (secondary N) is 2. The van der Waals surface area contributed by atoms with Gasteiger partial charge in [0.2, 0.25) is 0 Å². The fourth-order valence-electron chi connectivity index (χ4n) is 2.39. The third-order valence-corrected chi connectivity index (χ3v) is 3.57. The summed E-state index contributed by atoms with van der Waals surface area (Å²) >= 11 is 0. The maximum Gasteiger partial charge on any atom is 0.276 e. The fraction of sp³-hybridized carbons (Fsp3) is 0.333. The Morgan fingerprint density at radius 2 is 2.23 bits per heavy atom. The van der Waals surface area contributed by atoms with Crippen molar-refractivity contribution in [3.05, 3.63) is 35.2 Å². The maximum absolute atomic E-state index is 12.5. The zero-order valence-corrected chi connectivity index (χ0v) is 12.4. The van der Waals surface area contributed by atoms with E-state index in [4.69, 9.17) is 14.2 Å². The van der Waals surface area contributed by atoms with Crippen LogP contribution in [0, 0.1) is 0 Å². The highest BCUT2D eigenvalue weighted by Gasteiger charge is 2.23. The number of rotatable bonds is 4. The van der Waals surface area contributed by atoms with Gasteiger partial charge in [-0.2, -0.15) is 5.10 Å². The van der Waals surface area contributed by atoms with Crippen LogP contribution in [0.25, 0.3) is 0 Å². The van der Waals surface area contributed by atoms with Gasteiger partial charge in [0.1, 0.15) is 11.5 Å². The lowest BCUT2D eigenvalue weighted by molar-refractivity contribution is 0.0985. The summed E-state index contributed by atoms with van der Waals surface area (Å²) < 4.78 is 15.8. The Bertz CT molecular complexity index is 696. The van der Waals surface area contributed by atoms with Crippen molar-refractivity contribution in [2.24, 2.45) is 0 Å². The maximum atomic E-state index is 12.5. The Morgan fingerprint density at radius 3 is 3.00 bits per heavy atom. The van der Waals surface area contributed by atoms with Crippen LogP contribution in [-0.4, -0.2) is 36.9 Å². The number of anilines is 1. The summed E-state index contributed by atoms with van der Waals surface area (Å²) in [5.74, 6) is 0.868. The van der Waals surface area contributed by atoms with Gasteiger partial charge in [-0.15, -0.1) is 0 Å². The molecule has 0 saturated carbocycles. The molecule has 22 heavy (non-hydrogen) atoms. The minimum absolute atomic E-state index is 0.311. The average molecular weight is 303 g/mol. The van der Waals surface area contributed by atoms with Gasteiger partial charge in [-0.05, 0) is 12.1 Å². The molecule has 3 rings (SSSR count). The molecule has 0 aliphatic carbocycles. The molecule has 0 bridgehead atoms. The predicted molar refractivity (Wildman–Crippen MR) is 79.4 cm³/mol. The number of fused-ring (bicyclic) bond motifs is 1. The highest BCUT2D eigenvalue weighted by Crippen LogP contribution is 2.29. The lowest BCUT2D eigenvalue weighted by Crippen LogP contribution is -2.17. The van der Waals surface area contributed by atoms with E-state index in [0.717, 1.165) is 17.7 Å². The van der Waals surface area contributed by atoms with E-state index in [9.17, 15) is 4.79 Å². The molecule has 0 saturated heterocycles. The van der Waals surface area contributed by atoms with Gasteiger partial charge in [-0.1, -0.05) is 0 Å². The molecule has 1 aromatic carbocycles. The second kappa shape index (κ2) is 6.07. The van der Waals surface area contributed by atoms with Crippen LogP contribution in [0.15, 0.2) is 18.2 Å². The Hall–Kier alpha value is -2.54. The van der Waals surface area contributed by atoms with E-state index in [2.05, 4.69) is 15.5 Å². The minimum atomic E-state index is -0.311. The van der Waals surface area contributed by atoms with Crippen molar-refractivity contribution in [1.82, 2.24) is 10.2 Å². The molecule has 0 spiro atoms. The average Bonchev–Trinajstić information content (AvgIpc) is 2.99. The SMILES string of the molecule is COc1ccc(OC)c(NC(=O)c2n[nH]c3c2COCC3)c1. The summed E-state index contributed by atoms with van der Waals surface area (Å²) in [6.07, 6.45) is 0.734. The van der Waals surface area contributed by atoms with Crippen molar-refractivity contribution in [2.45, 2.75) is 13.0 Å². The van der Waals surface area contributed by atoms with Gasteiger partial charge >= 0.3 is 0 Å². The number of aromatic nitrogens is 2. The largest absolute Gasteiger partial charge is 0.497 e. The van der Waals surface area contributed by atoms with E-state index < -0.39 is 0 Å². The molecule has 7 nitrogen and oxygen atoms in total. The number of ether oxygens (including phenoxy) is 3. The lowest BCUT2D eigenvalue weighted by Gasteiger charge is -2.13. The standard InChI is InChI=1S/C15H17N3O4/c1-20-9-3-4-13(21-2)12(7-9)16-15(19)14-10-8-22-6-5-11(10)17-18-14/h3-4,7H,5-6,8H2,1-2H3,(H,16,19)(H,17,18). The first-order valence-corrected chi connectivity index (χ1v) is 6.90. The van der Waals surface area contributed by atoms with Gasteiger partial charge in [0.05, 0.1) is 33.1 Å². The molecule has 2 N–H and O–H groups in total. The van der Waals surface area contributed by atoms with Crippen LogP contribution in [0.3, 0.4) is 0 Å². The van der Waals surface area contributed by atoms with E-state index in [1.54, 1.807) is 32.4 Å². The van der Waals surface area contributed by atoms with Crippen LogP contribution >= 0.6 is 0 Å². The lowest BCUT2D eigenvalue weighted by atomic mass is 10.1. The molecule has 0 unspecified atom stereocenters. The first-order valence-electron chi connectivity index (χ1n) is 6.90. The Kier molecular flexibility index (Phi) is 3.97. The van der Waals surface area contributed by atoms with Gasteiger partial charge in [0.25, 0.3) is 5.91 Å². The van der Waals surface area contributed by atoms with Gasteiger partial charge in [0.15, 0.2) is 5.69 Å². The van der Waals surface area contributed by atoms with Crippen molar-refractivity contribution in [2.75, 3.05) is 26.1 Å². The number of methoxy groups -OCH3 is 2. The highest BCUT2D eigenvalue weighted by molar-refractivity contribution is 6.04. The molecular formula is C15H17N3O4. The number of amides is 1. The third-order valence-electron chi connectivity index (χ3n) is 3.57.